The van der Waals surface area contributed by atoms with Crippen LogP contribution in [-0.2, 0) is 16.1 Å². The van der Waals surface area contributed by atoms with Crippen molar-refractivity contribution < 1.29 is 9.59 Å². The van der Waals surface area contributed by atoms with Gasteiger partial charge in [-0.15, -0.1) is 0 Å². The third-order valence-corrected chi connectivity index (χ3v) is 2.17. The number of amides is 2. The highest BCUT2D eigenvalue weighted by Gasteiger charge is 2.14. The van der Waals surface area contributed by atoms with Crippen LogP contribution in [0.4, 0.5) is 0 Å². The maximum Gasteiger partial charge on any atom is 0.223 e. The van der Waals surface area contributed by atoms with E-state index in [1.165, 1.54) is 0 Å². The minimum Gasteiger partial charge on any atom is -0.370 e. The molecule has 1 atom stereocenters. The zero-order valence-corrected chi connectivity index (χ0v) is 9.14. The van der Waals surface area contributed by atoms with E-state index in [9.17, 15) is 9.59 Å². The second-order valence-corrected chi connectivity index (χ2v) is 3.64. The first-order valence-corrected chi connectivity index (χ1v) is 5.04. The van der Waals surface area contributed by atoms with E-state index >= 15 is 0 Å². The number of rotatable bonds is 5. The third kappa shape index (κ3) is 4.08. The van der Waals surface area contributed by atoms with Crippen molar-refractivity contribution in [2.24, 2.45) is 11.7 Å². The van der Waals surface area contributed by atoms with Gasteiger partial charge >= 0.3 is 0 Å². The number of nitrogens with one attached hydrogen (secondary N) is 1. The van der Waals surface area contributed by atoms with Gasteiger partial charge in [0.05, 0.1) is 0 Å². The summed E-state index contributed by atoms with van der Waals surface area (Å²) in [6, 6.07) is 3.64. The molecule has 0 saturated carbocycles. The molecule has 0 fully saturated rings. The summed E-state index contributed by atoms with van der Waals surface area (Å²) in [6.07, 6.45) is 3.39. The monoisotopic (exact) mass is 221 g/mol. The topological polar surface area (TPSA) is 85.1 Å². The smallest absolute Gasteiger partial charge is 0.223 e. The first kappa shape index (κ1) is 12.2. The number of hydrogen-bond donors (Lipinski definition) is 2. The van der Waals surface area contributed by atoms with Gasteiger partial charge < -0.3 is 11.1 Å². The van der Waals surface area contributed by atoms with Gasteiger partial charge in [0.25, 0.3) is 0 Å². The summed E-state index contributed by atoms with van der Waals surface area (Å²) >= 11 is 0. The van der Waals surface area contributed by atoms with Crippen LogP contribution in [0.25, 0.3) is 0 Å². The third-order valence-electron chi connectivity index (χ3n) is 2.17. The lowest BCUT2D eigenvalue weighted by Crippen LogP contribution is -2.31. The second kappa shape index (κ2) is 5.85. The summed E-state index contributed by atoms with van der Waals surface area (Å²) in [4.78, 5) is 26.0. The molecule has 0 bridgehead atoms. The van der Waals surface area contributed by atoms with Crippen LogP contribution < -0.4 is 11.1 Å². The lowest BCUT2D eigenvalue weighted by atomic mass is 10.1. The number of hydrogen-bond acceptors (Lipinski definition) is 3. The highest BCUT2D eigenvalue weighted by atomic mass is 16.2. The minimum absolute atomic E-state index is 0.0716. The Kier molecular flexibility index (Phi) is 4.44. The SMILES string of the molecule is CC(CC(N)=O)C(=O)NCc1ccncc1. The van der Waals surface area contributed by atoms with Gasteiger partial charge in [0.2, 0.25) is 11.8 Å². The van der Waals surface area contributed by atoms with Crippen molar-refractivity contribution in [3.63, 3.8) is 0 Å². The Morgan fingerprint density at radius 1 is 1.44 bits per heavy atom. The van der Waals surface area contributed by atoms with Crippen molar-refractivity contribution in [1.82, 2.24) is 10.3 Å². The number of primary amides is 1. The van der Waals surface area contributed by atoms with E-state index in [1.54, 1.807) is 19.3 Å². The summed E-state index contributed by atoms with van der Waals surface area (Å²) in [5.74, 6) is -1.03. The van der Waals surface area contributed by atoms with Crippen LogP contribution in [0.5, 0.6) is 0 Å². The molecule has 0 aliphatic carbocycles. The van der Waals surface area contributed by atoms with Gasteiger partial charge in [-0.25, -0.2) is 0 Å². The number of aromatic nitrogens is 1. The summed E-state index contributed by atoms with van der Waals surface area (Å²) in [7, 11) is 0. The molecule has 0 aliphatic heterocycles. The van der Waals surface area contributed by atoms with Crippen LogP contribution in [0.3, 0.4) is 0 Å². The molecule has 86 valence electrons. The van der Waals surface area contributed by atoms with Gasteiger partial charge in [-0.2, -0.15) is 0 Å². The summed E-state index contributed by atoms with van der Waals surface area (Å²) < 4.78 is 0. The first-order valence-electron chi connectivity index (χ1n) is 5.04. The van der Waals surface area contributed by atoms with E-state index < -0.39 is 5.91 Å². The van der Waals surface area contributed by atoms with Crippen molar-refractivity contribution in [3.8, 4) is 0 Å². The molecule has 0 aromatic carbocycles. The van der Waals surface area contributed by atoms with Crippen molar-refractivity contribution in [2.45, 2.75) is 19.9 Å². The minimum atomic E-state index is -0.466. The van der Waals surface area contributed by atoms with Crippen LogP contribution in [0.15, 0.2) is 24.5 Å². The van der Waals surface area contributed by atoms with Crippen LogP contribution in [0.1, 0.15) is 18.9 Å². The molecular formula is C11H15N3O2. The summed E-state index contributed by atoms with van der Waals surface area (Å²) in [6.45, 7) is 2.11. The number of nitrogens with two attached hydrogens (primary N) is 1. The Labute approximate surface area is 94.1 Å². The molecule has 0 aliphatic rings. The molecule has 5 heteroatoms. The molecule has 1 heterocycles. The fourth-order valence-corrected chi connectivity index (χ4v) is 1.26. The molecule has 1 rings (SSSR count). The number of pyridine rings is 1. The normalized spacial score (nSPS) is 11.8. The second-order valence-electron chi connectivity index (χ2n) is 3.64. The van der Waals surface area contributed by atoms with Gasteiger partial charge in [-0.1, -0.05) is 6.92 Å². The molecule has 16 heavy (non-hydrogen) atoms. The van der Waals surface area contributed by atoms with Crippen molar-refractivity contribution >= 4 is 11.8 Å². The highest BCUT2D eigenvalue weighted by Crippen LogP contribution is 2.02. The van der Waals surface area contributed by atoms with E-state index in [4.69, 9.17) is 5.73 Å². The molecule has 1 aromatic heterocycles. The maximum atomic E-state index is 11.5. The van der Waals surface area contributed by atoms with Gasteiger partial charge in [-0.3, -0.25) is 14.6 Å². The van der Waals surface area contributed by atoms with Gasteiger partial charge in [0, 0.05) is 31.3 Å². The van der Waals surface area contributed by atoms with E-state index in [1.807, 2.05) is 12.1 Å². The highest BCUT2D eigenvalue weighted by molar-refractivity contribution is 5.84. The Bertz CT molecular complexity index is 365. The van der Waals surface area contributed by atoms with Gasteiger partial charge in [0.15, 0.2) is 0 Å². The largest absolute Gasteiger partial charge is 0.370 e. The quantitative estimate of drug-likeness (QED) is 0.745. The first-order chi connectivity index (χ1) is 7.59. The average Bonchev–Trinajstić information content (AvgIpc) is 2.26. The van der Waals surface area contributed by atoms with Crippen LogP contribution in [0.2, 0.25) is 0 Å². The predicted molar refractivity (Wildman–Crippen MR) is 59.1 cm³/mol. The van der Waals surface area contributed by atoms with E-state index in [0.717, 1.165) is 5.56 Å². The zero-order chi connectivity index (χ0) is 12.0. The number of nitrogens with zero attached hydrogens (tertiary/aromatic N) is 1. The fraction of sp³-hybridized carbons (Fsp3) is 0.364. The lowest BCUT2D eigenvalue weighted by Gasteiger charge is -2.10. The zero-order valence-electron chi connectivity index (χ0n) is 9.14. The van der Waals surface area contributed by atoms with E-state index in [0.29, 0.717) is 6.54 Å². The maximum absolute atomic E-state index is 11.5. The molecular weight excluding hydrogens is 206 g/mol. The molecule has 1 unspecified atom stereocenters. The molecule has 0 saturated heterocycles. The Morgan fingerprint density at radius 3 is 2.62 bits per heavy atom. The Morgan fingerprint density at radius 2 is 2.06 bits per heavy atom. The Balaban J connectivity index is 2.38. The van der Waals surface area contributed by atoms with E-state index in [-0.39, 0.29) is 18.2 Å². The standard InChI is InChI=1S/C11H15N3O2/c1-8(6-10(12)15)11(16)14-7-9-2-4-13-5-3-9/h2-5,8H,6-7H2,1H3,(H2,12,15)(H,14,16). The van der Waals surface area contributed by atoms with Crippen molar-refractivity contribution in [3.05, 3.63) is 30.1 Å². The molecule has 3 N–H and O–H groups in total. The van der Waals surface area contributed by atoms with Crippen molar-refractivity contribution in [2.75, 3.05) is 0 Å². The molecule has 2 amide bonds. The summed E-state index contributed by atoms with van der Waals surface area (Å²) in [5.41, 5.74) is 5.98. The average molecular weight is 221 g/mol. The van der Waals surface area contributed by atoms with Crippen LogP contribution in [-0.4, -0.2) is 16.8 Å². The molecule has 5 nitrogen and oxygen atoms in total. The molecule has 0 spiro atoms. The summed E-state index contributed by atoms with van der Waals surface area (Å²) in [5, 5.41) is 2.73. The number of carbonyl (C=O) groups excluding carboxylic acids is 2. The Hall–Kier alpha value is -1.91. The molecule has 0 radical (unpaired) electrons. The van der Waals surface area contributed by atoms with Crippen LogP contribution >= 0.6 is 0 Å². The van der Waals surface area contributed by atoms with Crippen molar-refractivity contribution in [1.29, 1.82) is 0 Å². The van der Waals surface area contributed by atoms with Gasteiger partial charge in [0.1, 0.15) is 0 Å². The number of carbonyl (C=O) groups is 2. The molecule has 1 aromatic rings. The van der Waals surface area contributed by atoms with E-state index in [2.05, 4.69) is 10.3 Å². The van der Waals surface area contributed by atoms with Crippen LogP contribution in [0, 0.1) is 5.92 Å². The predicted octanol–water partition coefficient (Wildman–Crippen LogP) is 0.209. The van der Waals surface area contributed by atoms with Gasteiger partial charge in [-0.05, 0) is 17.7 Å². The lowest BCUT2D eigenvalue weighted by molar-refractivity contribution is -0.128. The fourth-order valence-electron chi connectivity index (χ4n) is 1.26.